The average Bonchev–Trinajstić information content (AvgIpc) is 3.15. The highest BCUT2D eigenvalue weighted by atomic mass is 35.5. The van der Waals surface area contributed by atoms with E-state index in [9.17, 15) is 14.4 Å². The molecular weight excluding hydrogens is 492 g/mol. The molecule has 188 valence electrons. The van der Waals surface area contributed by atoms with Gasteiger partial charge in [-0.1, -0.05) is 41.9 Å². The summed E-state index contributed by atoms with van der Waals surface area (Å²) < 4.78 is 0. The average molecular weight is 517 g/mol. The van der Waals surface area contributed by atoms with Crippen LogP contribution in [0.1, 0.15) is 15.9 Å². The number of hydrogen-bond acceptors (Lipinski definition) is 6. The molecule has 1 fully saturated rings. The monoisotopic (exact) mass is 516 g/mol. The van der Waals surface area contributed by atoms with E-state index in [0.717, 1.165) is 31.7 Å². The number of nitrogens with one attached hydrogen (secondary N) is 2. The van der Waals surface area contributed by atoms with Crippen molar-refractivity contribution in [2.24, 2.45) is 5.10 Å². The minimum absolute atomic E-state index is 0.274. The number of nitrogens with zero attached hydrogens (tertiary/aromatic N) is 4. The first kappa shape index (κ1) is 24.5. The molecule has 2 N–H and O–H groups in total. The summed E-state index contributed by atoms with van der Waals surface area (Å²) in [4.78, 5) is 43.7. The van der Waals surface area contributed by atoms with Crippen LogP contribution in [0.5, 0.6) is 0 Å². The molecule has 5 rings (SSSR count). The number of hydrazone groups is 1. The number of hydrogen-bond donors (Lipinski definition) is 2. The number of benzene rings is 3. The van der Waals surface area contributed by atoms with Gasteiger partial charge in [-0.25, -0.2) is 10.2 Å². The van der Waals surface area contributed by atoms with Gasteiger partial charge >= 0.3 is 11.9 Å². The third-order valence-electron chi connectivity index (χ3n) is 6.31. The number of anilines is 3. The molecule has 37 heavy (non-hydrogen) atoms. The van der Waals surface area contributed by atoms with Crippen molar-refractivity contribution in [2.75, 3.05) is 48.0 Å². The Morgan fingerprint density at radius 3 is 2.41 bits per heavy atom. The lowest BCUT2D eigenvalue weighted by molar-refractivity contribution is -0.114. The minimum Gasteiger partial charge on any atom is -0.369 e. The van der Waals surface area contributed by atoms with Gasteiger partial charge in [-0.2, -0.15) is 5.10 Å². The Bertz CT molecular complexity index is 1340. The summed E-state index contributed by atoms with van der Waals surface area (Å²) in [7, 11) is 0. The van der Waals surface area contributed by atoms with Crippen molar-refractivity contribution in [3.05, 3.63) is 88.9 Å². The van der Waals surface area contributed by atoms with Gasteiger partial charge in [0.1, 0.15) is 0 Å². The molecule has 0 spiro atoms. The first-order valence-electron chi connectivity index (χ1n) is 11.9. The van der Waals surface area contributed by atoms with Crippen molar-refractivity contribution in [1.29, 1.82) is 0 Å². The molecule has 3 aromatic rings. The minimum atomic E-state index is -0.581. The van der Waals surface area contributed by atoms with Crippen LogP contribution in [0, 0.1) is 0 Å². The maximum Gasteiger partial charge on any atom is 0.339 e. The van der Waals surface area contributed by atoms with E-state index in [0.29, 0.717) is 23.1 Å². The van der Waals surface area contributed by atoms with E-state index < -0.39 is 17.7 Å². The van der Waals surface area contributed by atoms with E-state index in [1.54, 1.807) is 36.4 Å². The van der Waals surface area contributed by atoms with Crippen LogP contribution in [0.25, 0.3) is 0 Å². The fraction of sp³-hybridized carbons (Fsp3) is 0.185. The van der Waals surface area contributed by atoms with Crippen molar-refractivity contribution < 1.29 is 14.4 Å². The lowest BCUT2D eigenvalue weighted by atomic mass is 10.1. The number of para-hydroxylation sites is 1. The SMILES string of the molecule is O=C(NN=Cc1ccc(Cl)cc1)Nc1ccc2c(c1)C(=O)C(=O)N2CN1CCN(c2ccccc2)CC1. The molecule has 3 amide bonds. The lowest BCUT2D eigenvalue weighted by Crippen LogP contribution is -2.51. The summed E-state index contributed by atoms with van der Waals surface area (Å²) in [6, 6.07) is 21.5. The van der Waals surface area contributed by atoms with Crippen LogP contribution in [-0.4, -0.2) is 61.7 Å². The molecule has 0 unspecified atom stereocenters. The highest BCUT2D eigenvalue weighted by Gasteiger charge is 2.37. The lowest BCUT2D eigenvalue weighted by Gasteiger charge is -2.37. The molecule has 9 nitrogen and oxygen atoms in total. The molecule has 0 bridgehead atoms. The summed E-state index contributed by atoms with van der Waals surface area (Å²) in [5, 5.41) is 7.14. The standard InChI is InChI=1S/C27H25ClN6O3/c28-20-8-6-19(7-9-20)17-29-31-27(37)30-21-10-11-24-23(16-21)25(35)26(36)34(24)18-32-12-14-33(15-13-32)22-4-2-1-3-5-22/h1-11,16-17H,12-15,18H2,(H2,30,31,37). The summed E-state index contributed by atoms with van der Waals surface area (Å²) in [5.41, 5.74) is 5.53. The third kappa shape index (κ3) is 5.63. The van der Waals surface area contributed by atoms with E-state index in [1.807, 2.05) is 18.2 Å². The fourth-order valence-electron chi connectivity index (χ4n) is 4.38. The largest absolute Gasteiger partial charge is 0.369 e. The van der Waals surface area contributed by atoms with E-state index >= 15 is 0 Å². The molecular formula is C27H25ClN6O3. The van der Waals surface area contributed by atoms with Gasteiger partial charge in [0, 0.05) is 42.6 Å². The molecule has 0 aliphatic carbocycles. The van der Waals surface area contributed by atoms with E-state index in [2.05, 4.69) is 37.8 Å². The van der Waals surface area contributed by atoms with Gasteiger partial charge in [-0.15, -0.1) is 0 Å². The smallest absolute Gasteiger partial charge is 0.339 e. The second-order valence-electron chi connectivity index (χ2n) is 8.75. The van der Waals surface area contributed by atoms with E-state index in [4.69, 9.17) is 11.6 Å². The number of fused-ring (bicyclic) bond motifs is 1. The van der Waals surface area contributed by atoms with Gasteiger partial charge in [0.05, 0.1) is 24.1 Å². The van der Waals surface area contributed by atoms with Crippen LogP contribution in [0.3, 0.4) is 0 Å². The molecule has 0 aromatic heterocycles. The van der Waals surface area contributed by atoms with Crippen LogP contribution < -0.4 is 20.5 Å². The van der Waals surface area contributed by atoms with Crippen LogP contribution in [0.15, 0.2) is 77.9 Å². The maximum atomic E-state index is 12.8. The van der Waals surface area contributed by atoms with Gasteiger partial charge in [0.2, 0.25) is 0 Å². The zero-order valence-corrected chi connectivity index (χ0v) is 20.7. The summed E-state index contributed by atoms with van der Waals surface area (Å²) in [6.07, 6.45) is 1.48. The molecule has 2 heterocycles. The molecule has 0 saturated carbocycles. The number of piperazine rings is 1. The molecule has 2 aliphatic rings. The number of carbonyl (C=O) groups excluding carboxylic acids is 3. The zero-order chi connectivity index (χ0) is 25.8. The number of amides is 3. The second kappa shape index (κ2) is 10.8. The number of urea groups is 1. The Morgan fingerprint density at radius 2 is 1.68 bits per heavy atom. The van der Waals surface area contributed by atoms with Gasteiger partial charge in [-0.05, 0) is 48.0 Å². The summed E-state index contributed by atoms with van der Waals surface area (Å²) in [6.45, 7) is 3.57. The topological polar surface area (TPSA) is 97.3 Å². The number of carbonyl (C=O) groups is 3. The Morgan fingerprint density at radius 1 is 0.946 bits per heavy atom. The number of halogens is 1. The number of ketones is 1. The van der Waals surface area contributed by atoms with Crippen LogP contribution >= 0.6 is 11.6 Å². The van der Waals surface area contributed by atoms with E-state index in [-0.39, 0.29) is 5.56 Å². The van der Waals surface area contributed by atoms with Gasteiger partial charge in [0.25, 0.3) is 5.78 Å². The van der Waals surface area contributed by atoms with Crippen LogP contribution in [0.2, 0.25) is 5.02 Å². The maximum absolute atomic E-state index is 12.8. The van der Waals surface area contributed by atoms with Gasteiger partial charge in [-0.3, -0.25) is 19.4 Å². The highest BCUT2D eigenvalue weighted by Crippen LogP contribution is 2.31. The Balaban J connectivity index is 1.18. The summed E-state index contributed by atoms with van der Waals surface area (Å²) >= 11 is 5.85. The van der Waals surface area contributed by atoms with Crippen LogP contribution in [0.4, 0.5) is 21.9 Å². The number of rotatable bonds is 6. The molecule has 0 radical (unpaired) electrons. The quantitative estimate of drug-likeness (QED) is 0.295. The molecule has 2 aliphatic heterocycles. The molecule has 3 aromatic carbocycles. The van der Waals surface area contributed by atoms with Crippen molar-refractivity contribution in [3.63, 3.8) is 0 Å². The molecule has 10 heteroatoms. The fourth-order valence-corrected chi connectivity index (χ4v) is 4.50. The third-order valence-corrected chi connectivity index (χ3v) is 6.57. The van der Waals surface area contributed by atoms with Gasteiger partial charge < -0.3 is 10.2 Å². The first-order valence-corrected chi connectivity index (χ1v) is 12.2. The van der Waals surface area contributed by atoms with Crippen molar-refractivity contribution in [2.45, 2.75) is 0 Å². The Hall–Kier alpha value is -4.21. The normalized spacial score (nSPS) is 15.8. The summed E-state index contributed by atoms with van der Waals surface area (Å²) in [5.74, 6) is -1.14. The number of Topliss-reactive ketones (excluding diaryl/α,β-unsaturated/α-hetero) is 1. The predicted octanol–water partition coefficient (Wildman–Crippen LogP) is 3.80. The van der Waals surface area contributed by atoms with Crippen LogP contribution in [-0.2, 0) is 4.79 Å². The second-order valence-corrected chi connectivity index (χ2v) is 9.19. The predicted molar refractivity (Wildman–Crippen MR) is 145 cm³/mol. The van der Waals surface area contributed by atoms with Gasteiger partial charge in [0.15, 0.2) is 0 Å². The Labute approximate surface area is 219 Å². The van der Waals surface area contributed by atoms with Crippen molar-refractivity contribution in [3.8, 4) is 0 Å². The van der Waals surface area contributed by atoms with Crippen molar-refractivity contribution in [1.82, 2.24) is 10.3 Å². The first-order chi connectivity index (χ1) is 18.0. The zero-order valence-electron chi connectivity index (χ0n) is 19.9. The van der Waals surface area contributed by atoms with E-state index in [1.165, 1.54) is 22.9 Å². The Kier molecular flexibility index (Phi) is 7.16. The highest BCUT2D eigenvalue weighted by molar-refractivity contribution is 6.52. The molecule has 0 atom stereocenters. The molecule has 1 saturated heterocycles. The van der Waals surface area contributed by atoms with Crippen molar-refractivity contribution >= 4 is 52.6 Å².